The molecule has 2 aromatic carbocycles. The molecular formula is C17H20FNO2. The van der Waals surface area contributed by atoms with Crippen LogP contribution in [0.25, 0.3) is 0 Å². The van der Waals surface area contributed by atoms with Crippen LogP contribution in [-0.4, -0.2) is 13.7 Å². The molecule has 112 valence electrons. The molecule has 0 aromatic heterocycles. The Balaban J connectivity index is 2.11. The van der Waals surface area contributed by atoms with Gasteiger partial charge >= 0.3 is 0 Å². The van der Waals surface area contributed by atoms with Crippen LogP contribution in [0.4, 0.5) is 10.1 Å². The van der Waals surface area contributed by atoms with Crippen molar-refractivity contribution < 1.29 is 13.9 Å². The van der Waals surface area contributed by atoms with E-state index in [9.17, 15) is 4.39 Å². The van der Waals surface area contributed by atoms with Gasteiger partial charge in [-0.3, -0.25) is 0 Å². The van der Waals surface area contributed by atoms with Gasteiger partial charge in [-0.25, -0.2) is 4.39 Å². The van der Waals surface area contributed by atoms with Gasteiger partial charge in [-0.1, -0.05) is 12.1 Å². The zero-order valence-corrected chi connectivity index (χ0v) is 12.6. The number of hydrogen-bond acceptors (Lipinski definition) is 3. The van der Waals surface area contributed by atoms with Crippen LogP contribution in [0.3, 0.4) is 0 Å². The summed E-state index contributed by atoms with van der Waals surface area (Å²) in [4.78, 5) is 0. The van der Waals surface area contributed by atoms with Gasteiger partial charge in [-0.15, -0.1) is 0 Å². The Morgan fingerprint density at radius 2 is 1.95 bits per heavy atom. The van der Waals surface area contributed by atoms with E-state index in [2.05, 4.69) is 5.32 Å². The molecule has 0 heterocycles. The summed E-state index contributed by atoms with van der Waals surface area (Å²) < 4.78 is 24.3. The Hall–Kier alpha value is -2.23. The number of hydrogen-bond donors (Lipinski definition) is 1. The van der Waals surface area contributed by atoms with Crippen molar-refractivity contribution in [3.05, 3.63) is 53.3 Å². The molecule has 0 aliphatic carbocycles. The summed E-state index contributed by atoms with van der Waals surface area (Å²) >= 11 is 0. The Bertz CT molecular complexity index is 614. The van der Waals surface area contributed by atoms with Gasteiger partial charge in [0.25, 0.3) is 0 Å². The largest absolute Gasteiger partial charge is 0.493 e. The summed E-state index contributed by atoms with van der Waals surface area (Å²) in [6.07, 6.45) is 0. The summed E-state index contributed by atoms with van der Waals surface area (Å²) in [5.74, 6) is 1.22. The van der Waals surface area contributed by atoms with Crippen molar-refractivity contribution in [2.24, 2.45) is 0 Å². The first-order valence-corrected chi connectivity index (χ1v) is 6.94. The first kappa shape index (κ1) is 15.2. The van der Waals surface area contributed by atoms with Gasteiger partial charge in [0.15, 0.2) is 11.5 Å². The lowest BCUT2D eigenvalue weighted by molar-refractivity contribution is 0.310. The average Bonchev–Trinajstić information content (AvgIpc) is 2.50. The second-order valence-electron chi connectivity index (χ2n) is 4.68. The number of benzene rings is 2. The molecule has 0 spiro atoms. The third-order valence-electron chi connectivity index (χ3n) is 3.28. The molecule has 0 aliphatic heterocycles. The van der Waals surface area contributed by atoms with Crippen LogP contribution in [0.1, 0.15) is 18.1 Å². The smallest absolute Gasteiger partial charge is 0.161 e. The van der Waals surface area contributed by atoms with Crippen LogP contribution in [0, 0.1) is 12.7 Å². The van der Waals surface area contributed by atoms with Gasteiger partial charge in [0, 0.05) is 17.8 Å². The first-order valence-electron chi connectivity index (χ1n) is 6.94. The molecule has 0 bridgehead atoms. The van der Waals surface area contributed by atoms with Crippen LogP contribution in [0.5, 0.6) is 11.5 Å². The fourth-order valence-electron chi connectivity index (χ4n) is 2.09. The number of anilines is 1. The van der Waals surface area contributed by atoms with Crippen LogP contribution < -0.4 is 14.8 Å². The predicted molar refractivity (Wildman–Crippen MR) is 82.6 cm³/mol. The fraction of sp³-hybridized carbons (Fsp3) is 0.294. The summed E-state index contributed by atoms with van der Waals surface area (Å²) in [7, 11) is 1.62. The topological polar surface area (TPSA) is 30.5 Å². The van der Waals surface area contributed by atoms with E-state index in [1.165, 1.54) is 6.07 Å². The number of nitrogens with one attached hydrogen (secondary N) is 1. The highest BCUT2D eigenvalue weighted by molar-refractivity contribution is 5.52. The Kier molecular flexibility index (Phi) is 5.04. The van der Waals surface area contributed by atoms with Crippen molar-refractivity contribution in [2.45, 2.75) is 20.4 Å². The van der Waals surface area contributed by atoms with E-state index in [0.29, 0.717) is 24.5 Å². The SMILES string of the molecule is CCOc1ccc(CNc2cccc(F)c2C)cc1OC. The lowest BCUT2D eigenvalue weighted by Crippen LogP contribution is -2.03. The quantitative estimate of drug-likeness (QED) is 0.866. The minimum Gasteiger partial charge on any atom is -0.493 e. The Morgan fingerprint density at radius 1 is 1.14 bits per heavy atom. The van der Waals surface area contributed by atoms with Crippen LogP contribution in [0.2, 0.25) is 0 Å². The number of rotatable bonds is 6. The summed E-state index contributed by atoms with van der Waals surface area (Å²) in [6.45, 7) is 4.88. The van der Waals surface area contributed by atoms with E-state index >= 15 is 0 Å². The third-order valence-corrected chi connectivity index (χ3v) is 3.28. The number of halogens is 1. The molecule has 0 aliphatic rings. The molecule has 0 fully saturated rings. The highest BCUT2D eigenvalue weighted by atomic mass is 19.1. The van der Waals surface area contributed by atoms with Gasteiger partial charge in [-0.05, 0) is 43.7 Å². The lowest BCUT2D eigenvalue weighted by atomic mass is 10.1. The first-order chi connectivity index (χ1) is 10.2. The van der Waals surface area contributed by atoms with Crippen LogP contribution in [-0.2, 0) is 6.54 Å². The normalized spacial score (nSPS) is 10.3. The maximum absolute atomic E-state index is 13.5. The molecule has 0 atom stereocenters. The highest BCUT2D eigenvalue weighted by Crippen LogP contribution is 2.28. The van der Waals surface area contributed by atoms with Gasteiger partial charge in [-0.2, -0.15) is 0 Å². The van der Waals surface area contributed by atoms with E-state index in [-0.39, 0.29) is 5.82 Å². The maximum atomic E-state index is 13.5. The minimum absolute atomic E-state index is 0.204. The summed E-state index contributed by atoms with van der Waals surface area (Å²) in [5, 5.41) is 3.24. The standard InChI is InChI=1S/C17H20FNO2/c1-4-21-16-9-8-13(10-17(16)20-3)11-19-15-7-5-6-14(18)12(15)2/h5-10,19H,4,11H2,1-3H3. The van der Waals surface area contributed by atoms with Crippen LogP contribution >= 0.6 is 0 Å². The van der Waals surface area contributed by atoms with Gasteiger partial charge in [0.2, 0.25) is 0 Å². The fourth-order valence-corrected chi connectivity index (χ4v) is 2.09. The zero-order chi connectivity index (χ0) is 15.2. The van der Waals surface area contributed by atoms with Crippen LogP contribution in [0.15, 0.2) is 36.4 Å². The van der Waals surface area contributed by atoms with E-state index in [1.807, 2.05) is 31.2 Å². The van der Waals surface area contributed by atoms with Crippen molar-refractivity contribution in [2.75, 3.05) is 19.0 Å². The molecule has 0 saturated carbocycles. The molecule has 3 nitrogen and oxygen atoms in total. The second kappa shape index (κ2) is 6.97. The molecule has 0 saturated heterocycles. The Morgan fingerprint density at radius 3 is 2.67 bits per heavy atom. The van der Waals surface area contributed by atoms with Gasteiger partial charge in [0.05, 0.1) is 13.7 Å². The number of ether oxygens (including phenoxy) is 2. The van der Waals surface area contributed by atoms with E-state index in [1.54, 1.807) is 20.1 Å². The van der Waals surface area contributed by atoms with E-state index < -0.39 is 0 Å². The molecule has 4 heteroatoms. The third kappa shape index (κ3) is 3.66. The molecule has 0 unspecified atom stereocenters. The van der Waals surface area contributed by atoms with E-state index in [0.717, 1.165) is 17.0 Å². The zero-order valence-electron chi connectivity index (χ0n) is 12.6. The van der Waals surface area contributed by atoms with Crippen molar-refractivity contribution in [1.82, 2.24) is 0 Å². The summed E-state index contributed by atoms with van der Waals surface area (Å²) in [5.41, 5.74) is 2.46. The molecule has 0 amide bonds. The number of methoxy groups -OCH3 is 1. The average molecular weight is 289 g/mol. The predicted octanol–water partition coefficient (Wildman–Crippen LogP) is 4.15. The van der Waals surface area contributed by atoms with E-state index in [4.69, 9.17) is 9.47 Å². The van der Waals surface area contributed by atoms with Crippen molar-refractivity contribution in [1.29, 1.82) is 0 Å². The lowest BCUT2D eigenvalue weighted by Gasteiger charge is -2.13. The second-order valence-corrected chi connectivity index (χ2v) is 4.68. The van der Waals surface area contributed by atoms with Crippen molar-refractivity contribution in [3.8, 4) is 11.5 Å². The highest BCUT2D eigenvalue weighted by Gasteiger charge is 2.06. The minimum atomic E-state index is -0.204. The van der Waals surface area contributed by atoms with Gasteiger partial charge < -0.3 is 14.8 Å². The maximum Gasteiger partial charge on any atom is 0.161 e. The van der Waals surface area contributed by atoms with Crippen molar-refractivity contribution >= 4 is 5.69 Å². The molecule has 0 radical (unpaired) electrons. The molecule has 1 N–H and O–H groups in total. The molecular weight excluding hydrogens is 269 g/mol. The molecule has 2 aromatic rings. The monoisotopic (exact) mass is 289 g/mol. The Labute approximate surface area is 124 Å². The van der Waals surface area contributed by atoms with Crippen molar-refractivity contribution in [3.63, 3.8) is 0 Å². The summed E-state index contributed by atoms with van der Waals surface area (Å²) in [6, 6.07) is 10.8. The molecule has 21 heavy (non-hydrogen) atoms. The van der Waals surface area contributed by atoms with Gasteiger partial charge in [0.1, 0.15) is 5.82 Å². The molecule has 2 rings (SSSR count).